The SMILES string of the molecule is CC(=O)NCC=Cc1cccc(SC(F)(F)F)c1. The molecule has 0 aliphatic carbocycles. The number of hydrogen-bond acceptors (Lipinski definition) is 2. The molecule has 0 spiro atoms. The fourth-order valence-corrected chi connectivity index (χ4v) is 1.82. The van der Waals surface area contributed by atoms with Gasteiger partial charge in [0.25, 0.3) is 0 Å². The van der Waals surface area contributed by atoms with E-state index in [4.69, 9.17) is 0 Å². The zero-order valence-corrected chi connectivity index (χ0v) is 10.4. The monoisotopic (exact) mass is 275 g/mol. The Morgan fingerprint density at radius 3 is 2.78 bits per heavy atom. The molecule has 0 heterocycles. The maximum Gasteiger partial charge on any atom is 0.446 e. The maximum atomic E-state index is 12.2. The Hall–Kier alpha value is -1.43. The molecule has 1 rings (SSSR count). The first-order valence-electron chi connectivity index (χ1n) is 5.13. The van der Waals surface area contributed by atoms with E-state index in [9.17, 15) is 18.0 Å². The third kappa shape index (κ3) is 6.34. The Kier molecular flexibility index (Phi) is 5.27. The van der Waals surface area contributed by atoms with Crippen molar-refractivity contribution in [1.29, 1.82) is 0 Å². The Balaban J connectivity index is 2.62. The topological polar surface area (TPSA) is 29.1 Å². The second kappa shape index (κ2) is 6.49. The highest BCUT2D eigenvalue weighted by Gasteiger charge is 2.29. The van der Waals surface area contributed by atoms with E-state index < -0.39 is 5.51 Å². The Labute approximate surface area is 107 Å². The zero-order valence-electron chi connectivity index (χ0n) is 9.62. The first-order chi connectivity index (χ1) is 8.37. The summed E-state index contributed by atoms with van der Waals surface area (Å²) in [5, 5.41) is 2.56. The number of nitrogens with one attached hydrogen (secondary N) is 1. The summed E-state index contributed by atoms with van der Waals surface area (Å²) < 4.78 is 36.5. The summed E-state index contributed by atoms with van der Waals surface area (Å²) in [6.07, 6.45) is 3.34. The number of hydrogen-bond donors (Lipinski definition) is 1. The van der Waals surface area contributed by atoms with Crippen LogP contribution in [0.4, 0.5) is 13.2 Å². The van der Waals surface area contributed by atoms with E-state index in [1.165, 1.54) is 19.1 Å². The van der Waals surface area contributed by atoms with Gasteiger partial charge < -0.3 is 5.32 Å². The number of halogens is 3. The average molecular weight is 275 g/mol. The normalized spacial score (nSPS) is 11.8. The van der Waals surface area contributed by atoms with E-state index in [1.807, 2.05) is 0 Å². The van der Waals surface area contributed by atoms with E-state index in [-0.39, 0.29) is 22.6 Å². The van der Waals surface area contributed by atoms with E-state index in [0.29, 0.717) is 12.1 Å². The zero-order chi connectivity index (χ0) is 13.6. The first-order valence-corrected chi connectivity index (χ1v) is 5.95. The molecule has 0 radical (unpaired) electrons. The molecule has 98 valence electrons. The van der Waals surface area contributed by atoms with Gasteiger partial charge in [0.15, 0.2) is 0 Å². The lowest BCUT2D eigenvalue weighted by atomic mass is 10.2. The molecule has 1 aromatic carbocycles. The summed E-state index contributed by atoms with van der Waals surface area (Å²) in [5.41, 5.74) is -3.62. The number of carbonyl (C=O) groups is 1. The lowest BCUT2D eigenvalue weighted by molar-refractivity contribution is -0.118. The molecular formula is C12H12F3NOS. The lowest BCUT2D eigenvalue weighted by Crippen LogP contribution is -2.19. The molecule has 0 saturated heterocycles. The molecular weight excluding hydrogens is 263 g/mol. The quantitative estimate of drug-likeness (QED) is 0.853. The van der Waals surface area contributed by atoms with Gasteiger partial charge in [0.1, 0.15) is 0 Å². The minimum atomic E-state index is -4.28. The number of rotatable bonds is 4. The van der Waals surface area contributed by atoms with Crippen molar-refractivity contribution in [2.24, 2.45) is 0 Å². The van der Waals surface area contributed by atoms with Crippen molar-refractivity contribution in [1.82, 2.24) is 5.32 Å². The number of carbonyl (C=O) groups excluding carboxylic acids is 1. The highest BCUT2D eigenvalue weighted by Crippen LogP contribution is 2.36. The summed E-state index contributed by atoms with van der Waals surface area (Å²) in [4.78, 5) is 10.7. The van der Waals surface area contributed by atoms with Crippen LogP contribution in [0.3, 0.4) is 0 Å². The van der Waals surface area contributed by atoms with Crippen LogP contribution in [-0.2, 0) is 4.79 Å². The van der Waals surface area contributed by atoms with Crippen molar-refractivity contribution >= 4 is 23.7 Å². The molecule has 0 unspecified atom stereocenters. The van der Waals surface area contributed by atoms with Crippen LogP contribution >= 0.6 is 11.8 Å². The maximum absolute atomic E-state index is 12.2. The van der Waals surface area contributed by atoms with E-state index in [0.717, 1.165) is 0 Å². The van der Waals surface area contributed by atoms with E-state index >= 15 is 0 Å². The molecule has 0 saturated carbocycles. The summed E-state index contributed by atoms with van der Waals surface area (Å²) in [6.45, 7) is 1.75. The van der Waals surface area contributed by atoms with Crippen LogP contribution in [0, 0.1) is 0 Å². The molecule has 2 nitrogen and oxygen atoms in total. The molecule has 1 aromatic rings. The van der Waals surface area contributed by atoms with Crippen LogP contribution in [-0.4, -0.2) is 18.0 Å². The minimum absolute atomic E-state index is 0.143. The molecule has 1 amide bonds. The van der Waals surface area contributed by atoms with Gasteiger partial charge in [-0.2, -0.15) is 13.2 Å². The van der Waals surface area contributed by atoms with Gasteiger partial charge in [-0.25, -0.2) is 0 Å². The molecule has 18 heavy (non-hydrogen) atoms. The van der Waals surface area contributed by atoms with Gasteiger partial charge in [-0.1, -0.05) is 24.3 Å². The highest BCUT2D eigenvalue weighted by atomic mass is 32.2. The van der Waals surface area contributed by atoms with Crippen LogP contribution in [0.2, 0.25) is 0 Å². The van der Waals surface area contributed by atoms with Crippen LogP contribution in [0.5, 0.6) is 0 Å². The second-order valence-electron chi connectivity index (χ2n) is 3.46. The van der Waals surface area contributed by atoms with Crippen LogP contribution < -0.4 is 5.32 Å². The molecule has 0 fully saturated rings. The predicted molar refractivity (Wildman–Crippen MR) is 66.1 cm³/mol. The van der Waals surface area contributed by atoms with Crippen molar-refractivity contribution < 1.29 is 18.0 Å². The molecule has 0 aliphatic rings. The molecule has 0 atom stereocenters. The van der Waals surface area contributed by atoms with Crippen molar-refractivity contribution in [3.63, 3.8) is 0 Å². The van der Waals surface area contributed by atoms with Gasteiger partial charge in [0, 0.05) is 18.4 Å². The van der Waals surface area contributed by atoms with Gasteiger partial charge >= 0.3 is 5.51 Å². The largest absolute Gasteiger partial charge is 0.446 e. The standard InChI is InChI=1S/C12H12F3NOS/c1-9(17)16-7-3-5-10-4-2-6-11(8-10)18-12(13,14)15/h2-6,8H,7H2,1H3,(H,16,17). The molecule has 6 heteroatoms. The first kappa shape index (κ1) is 14.6. The Bertz CT molecular complexity index is 443. The second-order valence-corrected chi connectivity index (χ2v) is 4.60. The number of thioether (sulfide) groups is 1. The smallest absolute Gasteiger partial charge is 0.353 e. The average Bonchev–Trinajstić information content (AvgIpc) is 2.22. The summed E-state index contributed by atoms with van der Waals surface area (Å²) in [7, 11) is 0. The molecule has 0 aromatic heterocycles. The van der Waals surface area contributed by atoms with Gasteiger partial charge in [0.2, 0.25) is 5.91 Å². The summed E-state index contributed by atoms with van der Waals surface area (Å²) in [5.74, 6) is -0.152. The van der Waals surface area contributed by atoms with Gasteiger partial charge in [-0.15, -0.1) is 0 Å². The Morgan fingerprint density at radius 1 is 1.44 bits per heavy atom. The number of amides is 1. The van der Waals surface area contributed by atoms with E-state index in [2.05, 4.69) is 5.32 Å². The number of alkyl halides is 3. The number of benzene rings is 1. The fourth-order valence-electron chi connectivity index (χ4n) is 1.21. The van der Waals surface area contributed by atoms with E-state index in [1.54, 1.807) is 24.3 Å². The lowest BCUT2D eigenvalue weighted by Gasteiger charge is -2.05. The Morgan fingerprint density at radius 2 is 2.17 bits per heavy atom. The van der Waals surface area contributed by atoms with Crippen molar-refractivity contribution in [2.75, 3.05) is 6.54 Å². The van der Waals surface area contributed by atoms with Crippen molar-refractivity contribution in [3.05, 3.63) is 35.9 Å². The minimum Gasteiger partial charge on any atom is -0.353 e. The summed E-state index contributed by atoms with van der Waals surface area (Å²) >= 11 is -0.145. The molecule has 0 bridgehead atoms. The van der Waals surface area contributed by atoms with Crippen LogP contribution in [0.25, 0.3) is 6.08 Å². The fraction of sp³-hybridized carbons (Fsp3) is 0.250. The van der Waals surface area contributed by atoms with Crippen molar-refractivity contribution in [3.8, 4) is 0 Å². The summed E-state index contributed by atoms with van der Waals surface area (Å²) in [6, 6.07) is 6.11. The van der Waals surface area contributed by atoms with Gasteiger partial charge in [-0.05, 0) is 29.5 Å². The highest BCUT2D eigenvalue weighted by molar-refractivity contribution is 8.00. The predicted octanol–water partition coefficient (Wildman–Crippen LogP) is 3.45. The van der Waals surface area contributed by atoms with Crippen molar-refractivity contribution in [2.45, 2.75) is 17.3 Å². The third-order valence-electron chi connectivity index (χ3n) is 1.87. The molecule has 0 aliphatic heterocycles. The molecule has 1 N–H and O–H groups in total. The van der Waals surface area contributed by atoms with Gasteiger partial charge in [0.05, 0.1) is 0 Å². The third-order valence-corrected chi connectivity index (χ3v) is 2.59. The van der Waals surface area contributed by atoms with Crippen LogP contribution in [0.1, 0.15) is 12.5 Å². The van der Waals surface area contributed by atoms with Gasteiger partial charge in [-0.3, -0.25) is 4.79 Å². The van der Waals surface area contributed by atoms with Crippen LogP contribution in [0.15, 0.2) is 35.2 Å².